The second-order valence-electron chi connectivity index (χ2n) is 5.74. The Kier molecular flexibility index (Phi) is 6.34. The first-order valence-corrected chi connectivity index (χ1v) is 11.0. The molecule has 0 bridgehead atoms. The summed E-state index contributed by atoms with van der Waals surface area (Å²) in [6, 6.07) is 6.63. The maximum Gasteiger partial charge on any atom is 0.277 e. The van der Waals surface area contributed by atoms with Crippen LogP contribution in [0, 0.1) is 0 Å². The monoisotopic (exact) mass is 412 g/mol. The number of hydrogen-bond acceptors (Lipinski definition) is 8. The van der Waals surface area contributed by atoms with Crippen LogP contribution < -0.4 is 4.72 Å². The van der Waals surface area contributed by atoms with Gasteiger partial charge in [-0.1, -0.05) is 11.8 Å². The number of thioether (sulfide) groups is 1. The maximum atomic E-state index is 12.1. The van der Waals surface area contributed by atoms with Gasteiger partial charge in [-0.2, -0.15) is 0 Å². The zero-order valence-electron chi connectivity index (χ0n) is 14.8. The van der Waals surface area contributed by atoms with E-state index in [1.54, 1.807) is 36.1 Å². The van der Waals surface area contributed by atoms with Crippen LogP contribution >= 0.6 is 11.8 Å². The lowest BCUT2D eigenvalue weighted by Gasteiger charge is -2.26. The van der Waals surface area contributed by atoms with Crippen molar-refractivity contribution in [2.45, 2.75) is 12.1 Å². The fourth-order valence-corrected chi connectivity index (χ4v) is 3.65. The molecule has 0 radical (unpaired) electrons. The Labute approximate surface area is 161 Å². The number of morpholine rings is 1. The molecule has 1 saturated heterocycles. The molecule has 1 aliphatic rings. The molecule has 1 N–H and O–H groups in total. The van der Waals surface area contributed by atoms with Crippen molar-refractivity contribution < 1.29 is 22.4 Å². The van der Waals surface area contributed by atoms with E-state index in [2.05, 4.69) is 14.9 Å². The second-order valence-corrected chi connectivity index (χ2v) is 8.68. The molecule has 146 valence electrons. The molecule has 27 heavy (non-hydrogen) atoms. The second kappa shape index (κ2) is 8.72. The molecule has 11 heteroatoms. The van der Waals surface area contributed by atoms with E-state index >= 15 is 0 Å². The van der Waals surface area contributed by atoms with Crippen molar-refractivity contribution in [3.05, 3.63) is 24.3 Å². The number of rotatable bonds is 7. The van der Waals surface area contributed by atoms with Crippen LogP contribution in [0.3, 0.4) is 0 Å². The molecule has 0 aliphatic carbocycles. The van der Waals surface area contributed by atoms with E-state index in [1.165, 1.54) is 11.8 Å². The summed E-state index contributed by atoms with van der Waals surface area (Å²) in [6.45, 7) is 3.89. The topological polar surface area (TPSA) is 115 Å². The van der Waals surface area contributed by atoms with Gasteiger partial charge in [-0.15, -0.1) is 10.2 Å². The largest absolute Gasteiger partial charge is 0.411 e. The number of aromatic nitrogens is 2. The predicted molar refractivity (Wildman–Crippen MR) is 101 cm³/mol. The van der Waals surface area contributed by atoms with Crippen molar-refractivity contribution in [1.82, 2.24) is 15.1 Å². The van der Waals surface area contributed by atoms with E-state index in [4.69, 9.17) is 9.15 Å². The highest BCUT2D eigenvalue weighted by Crippen LogP contribution is 2.25. The predicted octanol–water partition coefficient (Wildman–Crippen LogP) is 1.45. The third-order valence-corrected chi connectivity index (χ3v) is 5.98. The van der Waals surface area contributed by atoms with Gasteiger partial charge in [-0.3, -0.25) is 9.52 Å². The molecule has 1 aromatic carbocycles. The number of sulfonamides is 1. The lowest BCUT2D eigenvalue weighted by molar-refractivity contribution is -0.132. The Hall–Kier alpha value is -2.11. The van der Waals surface area contributed by atoms with Gasteiger partial charge in [0.05, 0.1) is 24.7 Å². The minimum absolute atomic E-state index is 0.00215. The molecule has 3 rings (SSSR count). The Morgan fingerprint density at radius 1 is 1.22 bits per heavy atom. The summed E-state index contributed by atoms with van der Waals surface area (Å²) in [4.78, 5) is 13.9. The minimum atomic E-state index is -3.32. The highest BCUT2D eigenvalue weighted by atomic mass is 32.2. The Balaban J connectivity index is 1.57. The molecule has 0 spiro atoms. The Morgan fingerprint density at radius 3 is 2.59 bits per heavy atom. The normalized spacial score (nSPS) is 14.9. The number of amides is 1. The molecule has 1 fully saturated rings. The van der Waals surface area contributed by atoms with Gasteiger partial charge in [0.15, 0.2) is 0 Å². The van der Waals surface area contributed by atoms with Crippen molar-refractivity contribution in [1.29, 1.82) is 0 Å². The summed E-state index contributed by atoms with van der Waals surface area (Å²) in [5.74, 6) is 0.540. The van der Waals surface area contributed by atoms with Gasteiger partial charge in [-0.25, -0.2) is 8.42 Å². The fourth-order valence-electron chi connectivity index (χ4n) is 2.34. The van der Waals surface area contributed by atoms with E-state index in [9.17, 15) is 13.2 Å². The van der Waals surface area contributed by atoms with Crippen LogP contribution in [-0.4, -0.2) is 67.2 Å². The lowest BCUT2D eigenvalue weighted by Crippen LogP contribution is -2.41. The van der Waals surface area contributed by atoms with Crippen molar-refractivity contribution in [2.24, 2.45) is 0 Å². The van der Waals surface area contributed by atoms with Crippen LogP contribution in [0.15, 0.2) is 33.9 Å². The summed E-state index contributed by atoms with van der Waals surface area (Å²) in [5, 5.41) is 8.23. The number of ether oxygens (including phenoxy) is 1. The first-order chi connectivity index (χ1) is 13.0. The van der Waals surface area contributed by atoms with E-state index in [-0.39, 0.29) is 17.4 Å². The molecule has 1 aliphatic heterocycles. The molecule has 2 heterocycles. The highest BCUT2D eigenvalue weighted by molar-refractivity contribution is 7.99. The fraction of sp³-hybridized carbons (Fsp3) is 0.438. The van der Waals surface area contributed by atoms with E-state index in [0.29, 0.717) is 48.7 Å². The van der Waals surface area contributed by atoms with E-state index in [0.717, 1.165) is 0 Å². The zero-order valence-corrected chi connectivity index (χ0v) is 16.4. The number of hydrogen-bond donors (Lipinski definition) is 1. The van der Waals surface area contributed by atoms with Crippen LogP contribution in [0.5, 0.6) is 0 Å². The molecular formula is C16H20N4O5S2. The van der Waals surface area contributed by atoms with Gasteiger partial charge in [0.1, 0.15) is 0 Å². The van der Waals surface area contributed by atoms with E-state index in [1.807, 2.05) is 0 Å². The number of carbonyl (C=O) groups is 1. The van der Waals surface area contributed by atoms with E-state index < -0.39 is 10.0 Å². The number of nitrogens with zero attached hydrogens (tertiary/aromatic N) is 3. The molecule has 0 saturated carbocycles. The standard InChI is InChI=1S/C16H20N4O5S2/c1-2-27(22,23)19-13-5-3-12(4-6-13)15-17-18-16(25-15)26-11-14(21)20-7-9-24-10-8-20/h3-6,19H,2,7-11H2,1H3. The molecular weight excluding hydrogens is 392 g/mol. The molecule has 0 atom stereocenters. The van der Waals surface area contributed by atoms with Crippen LogP contribution in [0.1, 0.15) is 6.92 Å². The number of benzene rings is 1. The first-order valence-electron chi connectivity index (χ1n) is 8.39. The molecule has 1 amide bonds. The lowest BCUT2D eigenvalue weighted by atomic mass is 10.2. The van der Waals surface area contributed by atoms with Crippen LogP contribution in [0.4, 0.5) is 5.69 Å². The molecule has 1 aromatic heterocycles. The average Bonchev–Trinajstić information content (AvgIpc) is 3.16. The third kappa shape index (κ3) is 5.44. The average molecular weight is 412 g/mol. The zero-order chi connectivity index (χ0) is 19.3. The number of carbonyl (C=O) groups excluding carboxylic acids is 1. The highest BCUT2D eigenvalue weighted by Gasteiger charge is 2.18. The van der Waals surface area contributed by atoms with Crippen molar-refractivity contribution in [2.75, 3.05) is 42.5 Å². The van der Waals surface area contributed by atoms with Crippen molar-refractivity contribution in [3.8, 4) is 11.5 Å². The smallest absolute Gasteiger partial charge is 0.277 e. The first kappa shape index (κ1) is 19.6. The van der Waals surface area contributed by atoms with Crippen LogP contribution in [-0.2, 0) is 19.6 Å². The number of anilines is 1. The van der Waals surface area contributed by atoms with Crippen molar-refractivity contribution in [3.63, 3.8) is 0 Å². The van der Waals surface area contributed by atoms with Gasteiger partial charge in [0.2, 0.25) is 21.8 Å². The third-order valence-electron chi connectivity index (χ3n) is 3.87. The minimum Gasteiger partial charge on any atom is -0.411 e. The summed E-state index contributed by atoms with van der Waals surface area (Å²) in [5.41, 5.74) is 1.12. The number of nitrogens with one attached hydrogen (secondary N) is 1. The molecule has 0 unspecified atom stereocenters. The van der Waals surface area contributed by atoms with Gasteiger partial charge >= 0.3 is 0 Å². The maximum absolute atomic E-state index is 12.1. The van der Waals surface area contributed by atoms with Crippen LogP contribution in [0.2, 0.25) is 0 Å². The SMILES string of the molecule is CCS(=O)(=O)Nc1ccc(-c2nnc(SCC(=O)N3CCOCC3)o2)cc1. The van der Waals surface area contributed by atoms with Crippen molar-refractivity contribution >= 4 is 33.4 Å². The van der Waals surface area contributed by atoms with Crippen LogP contribution in [0.25, 0.3) is 11.5 Å². The van der Waals surface area contributed by atoms with Gasteiger partial charge in [0.25, 0.3) is 5.22 Å². The summed E-state index contributed by atoms with van der Waals surface area (Å²) in [7, 11) is -3.32. The summed E-state index contributed by atoms with van der Waals surface area (Å²) >= 11 is 1.19. The van der Waals surface area contributed by atoms with Gasteiger partial charge in [0, 0.05) is 24.3 Å². The summed E-state index contributed by atoms with van der Waals surface area (Å²) in [6.07, 6.45) is 0. The molecule has 9 nitrogen and oxygen atoms in total. The molecule has 2 aromatic rings. The Morgan fingerprint density at radius 2 is 1.93 bits per heavy atom. The quantitative estimate of drug-likeness (QED) is 0.680. The van der Waals surface area contributed by atoms with Gasteiger partial charge in [-0.05, 0) is 31.2 Å². The Bertz CT molecular complexity index is 876. The van der Waals surface area contributed by atoms with Gasteiger partial charge < -0.3 is 14.1 Å². The summed E-state index contributed by atoms with van der Waals surface area (Å²) < 4.78 is 36.4.